The summed E-state index contributed by atoms with van der Waals surface area (Å²) < 4.78 is 0. The summed E-state index contributed by atoms with van der Waals surface area (Å²) in [4.78, 5) is 4.89. The third kappa shape index (κ3) is 8.24. The zero-order valence-corrected chi connectivity index (χ0v) is 14.3. The van der Waals surface area contributed by atoms with Crippen molar-refractivity contribution >= 4 is 0 Å². The van der Waals surface area contributed by atoms with Crippen LogP contribution in [0.5, 0.6) is 0 Å². The number of pyridine rings is 1. The molecule has 0 atom stereocenters. The van der Waals surface area contributed by atoms with Gasteiger partial charge in [0.05, 0.1) is 0 Å². The summed E-state index contributed by atoms with van der Waals surface area (Å²) in [6, 6.07) is 4.62. The fraction of sp³-hybridized carbons (Fsp3) is 0.700. The molecule has 0 aromatic carbocycles. The molecule has 0 aliphatic heterocycles. The van der Waals surface area contributed by atoms with Gasteiger partial charge >= 0.3 is 0 Å². The van der Waals surface area contributed by atoms with E-state index in [2.05, 4.69) is 32.9 Å². The van der Waals surface area contributed by atoms with E-state index < -0.39 is 0 Å². The minimum absolute atomic E-state index is 0.981. The Morgan fingerprint density at radius 2 is 1.29 bits per heavy atom. The van der Waals surface area contributed by atoms with E-state index in [0.29, 0.717) is 0 Å². The molecule has 0 spiro atoms. The van der Waals surface area contributed by atoms with Crippen LogP contribution in [-0.4, -0.2) is 4.98 Å². The van der Waals surface area contributed by atoms with Gasteiger partial charge in [0.15, 0.2) is 0 Å². The van der Waals surface area contributed by atoms with Gasteiger partial charge in [0.2, 0.25) is 0 Å². The van der Waals surface area contributed by atoms with Gasteiger partial charge in [-0.25, -0.2) is 0 Å². The Bertz CT molecular complexity index is 340. The normalized spacial score (nSPS) is 11.0. The van der Waals surface area contributed by atoms with E-state index in [1.54, 1.807) is 0 Å². The molecule has 0 aliphatic rings. The first-order valence-corrected chi connectivity index (χ1v) is 9.08. The maximum atomic E-state index is 4.89. The standard InChI is InChI=1S/C20H34N/c1-4-7-9-11-14-19-16-18(13-6-3)17-20(21-19)15-12-10-8-5-2/h16-17H,3-15H2,1-2H3. The van der Waals surface area contributed by atoms with Gasteiger partial charge < -0.3 is 0 Å². The molecule has 1 nitrogen and oxygen atoms in total. The van der Waals surface area contributed by atoms with Crippen molar-refractivity contribution in [3.05, 3.63) is 36.0 Å². The van der Waals surface area contributed by atoms with Crippen LogP contribution in [0.15, 0.2) is 12.1 Å². The van der Waals surface area contributed by atoms with Crippen molar-refractivity contribution in [1.82, 2.24) is 4.98 Å². The summed E-state index contributed by atoms with van der Waals surface area (Å²) in [6.07, 6.45) is 14.9. The third-order valence-electron chi connectivity index (χ3n) is 4.03. The molecule has 21 heavy (non-hydrogen) atoms. The Morgan fingerprint density at radius 1 is 0.762 bits per heavy atom. The van der Waals surface area contributed by atoms with E-state index in [1.807, 2.05) is 0 Å². The van der Waals surface area contributed by atoms with Crippen LogP contribution in [0.25, 0.3) is 0 Å². The zero-order chi connectivity index (χ0) is 15.3. The van der Waals surface area contributed by atoms with Gasteiger partial charge in [-0.05, 0) is 56.2 Å². The number of rotatable bonds is 12. The van der Waals surface area contributed by atoms with E-state index >= 15 is 0 Å². The number of hydrogen-bond donors (Lipinski definition) is 0. The van der Waals surface area contributed by atoms with Crippen LogP contribution in [0.3, 0.4) is 0 Å². The minimum Gasteiger partial charge on any atom is -0.258 e. The highest BCUT2D eigenvalue weighted by molar-refractivity contribution is 5.22. The smallest absolute Gasteiger partial charge is 0.0409 e. The van der Waals surface area contributed by atoms with E-state index in [-0.39, 0.29) is 0 Å². The number of aromatic nitrogens is 1. The van der Waals surface area contributed by atoms with E-state index in [0.717, 1.165) is 25.7 Å². The first-order valence-electron chi connectivity index (χ1n) is 9.08. The van der Waals surface area contributed by atoms with Gasteiger partial charge in [-0.3, -0.25) is 4.98 Å². The molecule has 0 saturated carbocycles. The van der Waals surface area contributed by atoms with Crippen LogP contribution < -0.4 is 0 Å². The molecule has 0 saturated heterocycles. The Balaban J connectivity index is 2.56. The van der Waals surface area contributed by atoms with Crippen molar-refractivity contribution < 1.29 is 0 Å². The Kier molecular flexibility index (Phi) is 10.2. The first-order chi connectivity index (χ1) is 10.3. The molecule has 0 unspecified atom stereocenters. The second-order valence-electron chi connectivity index (χ2n) is 6.18. The van der Waals surface area contributed by atoms with Crippen molar-refractivity contribution in [2.75, 3.05) is 0 Å². The molecule has 119 valence electrons. The van der Waals surface area contributed by atoms with Crippen molar-refractivity contribution in [1.29, 1.82) is 0 Å². The highest BCUT2D eigenvalue weighted by atomic mass is 14.7. The quantitative estimate of drug-likeness (QED) is 0.424. The number of unbranched alkanes of at least 4 members (excludes halogenated alkanes) is 6. The molecule has 1 aromatic heterocycles. The molecular weight excluding hydrogens is 254 g/mol. The molecule has 0 fully saturated rings. The van der Waals surface area contributed by atoms with Gasteiger partial charge in [-0.2, -0.15) is 0 Å². The molecule has 1 heteroatoms. The maximum absolute atomic E-state index is 4.89. The first kappa shape index (κ1) is 18.2. The summed E-state index contributed by atoms with van der Waals surface area (Å²) in [5.74, 6) is 0. The molecule has 0 amide bonds. The second-order valence-corrected chi connectivity index (χ2v) is 6.18. The number of hydrogen-bond acceptors (Lipinski definition) is 1. The molecule has 1 aromatic rings. The van der Waals surface area contributed by atoms with Gasteiger partial charge in [-0.1, -0.05) is 59.3 Å². The third-order valence-corrected chi connectivity index (χ3v) is 4.03. The topological polar surface area (TPSA) is 12.9 Å². The predicted molar refractivity (Wildman–Crippen MR) is 93.6 cm³/mol. The SMILES string of the molecule is [CH2]CCc1cc(CCCCCC)nc(CCCCCC)c1. The summed E-state index contributed by atoms with van der Waals surface area (Å²) >= 11 is 0. The monoisotopic (exact) mass is 288 g/mol. The molecular formula is C20H34N. The Labute approximate surface area is 132 Å². The highest BCUT2D eigenvalue weighted by Crippen LogP contribution is 2.14. The van der Waals surface area contributed by atoms with Gasteiger partial charge in [0, 0.05) is 11.4 Å². The van der Waals surface area contributed by atoms with Crippen molar-refractivity contribution in [3.63, 3.8) is 0 Å². The number of nitrogens with zero attached hydrogens (tertiary/aromatic N) is 1. The van der Waals surface area contributed by atoms with Gasteiger partial charge in [0.25, 0.3) is 0 Å². The molecule has 1 radical (unpaired) electrons. The van der Waals surface area contributed by atoms with E-state index in [4.69, 9.17) is 4.98 Å². The lowest BCUT2D eigenvalue weighted by Crippen LogP contribution is -2.00. The summed E-state index contributed by atoms with van der Waals surface area (Å²) in [5, 5.41) is 0. The highest BCUT2D eigenvalue weighted by Gasteiger charge is 2.03. The van der Waals surface area contributed by atoms with Crippen molar-refractivity contribution in [2.24, 2.45) is 0 Å². The van der Waals surface area contributed by atoms with Crippen LogP contribution in [0.1, 0.15) is 88.6 Å². The largest absolute Gasteiger partial charge is 0.258 e. The molecule has 1 rings (SSSR count). The van der Waals surface area contributed by atoms with Crippen molar-refractivity contribution in [2.45, 2.75) is 90.9 Å². The lowest BCUT2D eigenvalue weighted by Gasteiger charge is -2.09. The fourth-order valence-electron chi connectivity index (χ4n) is 2.79. The minimum atomic E-state index is 0.981. The summed E-state index contributed by atoms with van der Waals surface area (Å²) in [6.45, 7) is 8.52. The zero-order valence-electron chi connectivity index (χ0n) is 14.3. The second kappa shape index (κ2) is 11.8. The van der Waals surface area contributed by atoms with Gasteiger partial charge in [0.1, 0.15) is 0 Å². The Hall–Kier alpha value is -0.850. The van der Waals surface area contributed by atoms with Crippen LogP contribution in [0.2, 0.25) is 0 Å². The van der Waals surface area contributed by atoms with Crippen LogP contribution in [0.4, 0.5) is 0 Å². The average molecular weight is 288 g/mol. The average Bonchev–Trinajstić information content (AvgIpc) is 2.48. The van der Waals surface area contributed by atoms with Gasteiger partial charge in [-0.15, -0.1) is 0 Å². The van der Waals surface area contributed by atoms with E-state index in [1.165, 1.54) is 68.3 Å². The molecule has 0 aliphatic carbocycles. The predicted octanol–water partition coefficient (Wildman–Crippen LogP) is 6.09. The fourth-order valence-corrected chi connectivity index (χ4v) is 2.79. The summed E-state index contributed by atoms with van der Waals surface area (Å²) in [5.41, 5.74) is 4.06. The lowest BCUT2D eigenvalue weighted by atomic mass is 10.0. The molecule has 0 N–H and O–H groups in total. The number of aryl methyl sites for hydroxylation is 3. The molecule has 1 heterocycles. The van der Waals surface area contributed by atoms with Crippen LogP contribution in [0, 0.1) is 6.92 Å². The maximum Gasteiger partial charge on any atom is 0.0409 e. The Morgan fingerprint density at radius 3 is 1.71 bits per heavy atom. The molecule has 0 bridgehead atoms. The van der Waals surface area contributed by atoms with Crippen molar-refractivity contribution in [3.8, 4) is 0 Å². The lowest BCUT2D eigenvalue weighted by molar-refractivity contribution is 0.647. The van der Waals surface area contributed by atoms with Crippen LogP contribution in [-0.2, 0) is 19.3 Å². The van der Waals surface area contributed by atoms with E-state index in [9.17, 15) is 0 Å². The summed E-state index contributed by atoms with van der Waals surface area (Å²) in [7, 11) is 0. The van der Waals surface area contributed by atoms with Crippen LogP contribution >= 0.6 is 0 Å².